The lowest BCUT2D eigenvalue weighted by molar-refractivity contribution is -0.153. The molecule has 1 fully saturated rings. The first-order valence-electron chi connectivity index (χ1n) is 10.7. The number of hydrazine groups is 1. The van der Waals surface area contributed by atoms with E-state index in [1.54, 1.807) is 6.92 Å². The molecule has 0 radical (unpaired) electrons. The molecule has 1 heterocycles. The number of carboxylic acid groups (broad SMARTS) is 1. The van der Waals surface area contributed by atoms with Gasteiger partial charge < -0.3 is 10.4 Å². The van der Waals surface area contributed by atoms with E-state index in [9.17, 15) is 24.3 Å². The van der Waals surface area contributed by atoms with Gasteiger partial charge in [0.05, 0.1) is 12.5 Å². The van der Waals surface area contributed by atoms with Crippen LogP contribution in [0.3, 0.4) is 0 Å². The second-order valence-corrected chi connectivity index (χ2v) is 8.59. The zero-order chi connectivity index (χ0) is 22.1. The van der Waals surface area contributed by atoms with E-state index in [2.05, 4.69) is 10.7 Å². The molecule has 166 valence electrons. The third kappa shape index (κ3) is 7.76. The van der Waals surface area contributed by atoms with E-state index in [1.807, 2.05) is 27.7 Å². The first kappa shape index (κ1) is 25.1. The average Bonchev–Trinajstić information content (AvgIpc) is 2.67. The van der Waals surface area contributed by atoms with E-state index in [1.165, 1.54) is 5.01 Å². The number of carbonyl (C=O) groups excluding carboxylic acids is 3. The van der Waals surface area contributed by atoms with Gasteiger partial charge in [-0.1, -0.05) is 41.0 Å². The van der Waals surface area contributed by atoms with Crippen molar-refractivity contribution in [1.82, 2.24) is 15.8 Å². The van der Waals surface area contributed by atoms with Crippen LogP contribution in [0, 0.1) is 17.8 Å². The molecular formula is C21H37N3O5. The molecule has 2 amide bonds. The van der Waals surface area contributed by atoms with Crippen LogP contribution in [0.1, 0.15) is 73.1 Å². The van der Waals surface area contributed by atoms with Crippen LogP contribution in [0.2, 0.25) is 0 Å². The molecule has 0 saturated carbocycles. The van der Waals surface area contributed by atoms with Crippen LogP contribution >= 0.6 is 0 Å². The first-order valence-corrected chi connectivity index (χ1v) is 10.7. The van der Waals surface area contributed by atoms with Crippen molar-refractivity contribution in [3.05, 3.63) is 0 Å². The Bertz CT molecular complexity index is 591. The fourth-order valence-corrected chi connectivity index (χ4v) is 3.56. The monoisotopic (exact) mass is 411 g/mol. The SMILES string of the molecule is CCC(=O)[C@H](NC(=O)[C@H]1CCCNN1C(=O)[C@@H](CCC(C)C)CC(=O)O)C(C)C. The molecule has 0 unspecified atom stereocenters. The molecule has 29 heavy (non-hydrogen) atoms. The maximum Gasteiger partial charge on any atom is 0.304 e. The van der Waals surface area contributed by atoms with Crippen LogP contribution in [0.4, 0.5) is 0 Å². The third-order valence-electron chi connectivity index (χ3n) is 5.31. The van der Waals surface area contributed by atoms with Crippen molar-refractivity contribution in [3.8, 4) is 0 Å². The van der Waals surface area contributed by atoms with E-state index in [0.717, 1.165) is 6.42 Å². The van der Waals surface area contributed by atoms with E-state index in [0.29, 0.717) is 38.1 Å². The minimum Gasteiger partial charge on any atom is -0.481 e. The summed E-state index contributed by atoms with van der Waals surface area (Å²) < 4.78 is 0. The molecule has 0 bridgehead atoms. The largest absolute Gasteiger partial charge is 0.481 e. The highest BCUT2D eigenvalue weighted by Crippen LogP contribution is 2.22. The second kappa shape index (κ2) is 11.9. The van der Waals surface area contributed by atoms with Crippen molar-refractivity contribution in [2.24, 2.45) is 17.8 Å². The molecule has 1 aliphatic heterocycles. The van der Waals surface area contributed by atoms with Gasteiger partial charge in [-0.2, -0.15) is 0 Å². The maximum atomic E-state index is 13.1. The number of aliphatic carboxylic acids is 1. The zero-order valence-corrected chi connectivity index (χ0v) is 18.4. The summed E-state index contributed by atoms with van der Waals surface area (Å²) in [6.07, 6.45) is 2.43. The molecule has 0 aromatic carbocycles. The molecule has 1 rings (SSSR count). The minimum atomic E-state index is -1.03. The van der Waals surface area contributed by atoms with Gasteiger partial charge in [0.15, 0.2) is 5.78 Å². The summed E-state index contributed by atoms with van der Waals surface area (Å²) in [5.41, 5.74) is 2.98. The van der Waals surface area contributed by atoms with Gasteiger partial charge in [0.1, 0.15) is 6.04 Å². The van der Waals surface area contributed by atoms with Crippen LogP contribution in [-0.4, -0.2) is 52.3 Å². The standard InChI is InChI=1S/C21H37N3O5/c1-6-17(25)19(14(4)5)23-20(28)16-8-7-11-22-24(16)21(29)15(12-18(26)27)10-9-13(2)3/h13-16,19,22H,6-12H2,1-5H3,(H,23,28)(H,26,27)/t15-,16+,19+/m0/s1. The number of carbonyl (C=O) groups is 4. The first-order chi connectivity index (χ1) is 13.6. The molecule has 8 nitrogen and oxygen atoms in total. The van der Waals surface area contributed by atoms with Crippen molar-refractivity contribution in [1.29, 1.82) is 0 Å². The Labute approximate surface area is 173 Å². The van der Waals surface area contributed by atoms with Gasteiger partial charge in [0.25, 0.3) is 0 Å². The summed E-state index contributed by atoms with van der Waals surface area (Å²) in [5.74, 6) is -2.21. The Hall–Kier alpha value is -1.96. The van der Waals surface area contributed by atoms with Crippen LogP contribution in [0.25, 0.3) is 0 Å². The number of hydrogen-bond acceptors (Lipinski definition) is 5. The van der Waals surface area contributed by atoms with Gasteiger partial charge in [-0.15, -0.1) is 0 Å². The fraction of sp³-hybridized carbons (Fsp3) is 0.810. The van der Waals surface area contributed by atoms with Crippen molar-refractivity contribution < 1.29 is 24.3 Å². The number of Topliss-reactive ketones (excluding diaryl/α,β-unsaturated/α-hetero) is 1. The van der Waals surface area contributed by atoms with E-state index in [4.69, 9.17) is 0 Å². The Morgan fingerprint density at radius 3 is 2.31 bits per heavy atom. The average molecular weight is 412 g/mol. The normalized spacial score (nSPS) is 19.1. The number of amides is 2. The van der Waals surface area contributed by atoms with Gasteiger partial charge in [0, 0.05) is 18.9 Å². The molecule has 3 N–H and O–H groups in total. The summed E-state index contributed by atoms with van der Waals surface area (Å²) in [5, 5.41) is 13.4. The fourth-order valence-electron chi connectivity index (χ4n) is 3.56. The highest BCUT2D eigenvalue weighted by molar-refractivity contribution is 5.93. The Morgan fingerprint density at radius 1 is 1.14 bits per heavy atom. The molecule has 3 atom stereocenters. The van der Waals surface area contributed by atoms with Crippen LogP contribution in [0.5, 0.6) is 0 Å². The molecule has 8 heteroatoms. The highest BCUT2D eigenvalue weighted by atomic mass is 16.4. The smallest absolute Gasteiger partial charge is 0.304 e. The minimum absolute atomic E-state index is 0.0457. The highest BCUT2D eigenvalue weighted by Gasteiger charge is 2.37. The van der Waals surface area contributed by atoms with Gasteiger partial charge in [-0.25, -0.2) is 5.43 Å². The summed E-state index contributed by atoms with van der Waals surface area (Å²) in [4.78, 5) is 49.5. The molecule has 1 aliphatic rings. The molecular weight excluding hydrogens is 374 g/mol. The number of nitrogens with one attached hydrogen (secondary N) is 2. The molecule has 0 spiro atoms. The van der Waals surface area contributed by atoms with Crippen molar-refractivity contribution in [3.63, 3.8) is 0 Å². The van der Waals surface area contributed by atoms with Gasteiger partial charge >= 0.3 is 5.97 Å². The number of ketones is 1. The summed E-state index contributed by atoms with van der Waals surface area (Å²) in [6, 6.07) is -1.35. The van der Waals surface area contributed by atoms with Gasteiger partial charge in [-0.3, -0.25) is 24.2 Å². The topological polar surface area (TPSA) is 116 Å². The van der Waals surface area contributed by atoms with Crippen molar-refractivity contribution in [2.45, 2.75) is 85.2 Å². The van der Waals surface area contributed by atoms with E-state index in [-0.39, 0.29) is 29.9 Å². The van der Waals surface area contributed by atoms with Gasteiger partial charge in [0.2, 0.25) is 11.8 Å². The maximum absolute atomic E-state index is 13.1. The summed E-state index contributed by atoms with van der Waals surface area (Å²) in [6.45, 7) is 10.1. The van der Waals surface area contributed by atoms with Crippen LogP contribution in [0.15, 0.2) is 0 Å². The van der Waals surface area contributed by atoms with Crippen molar-refractivity contribution >= 4 is 23.6 Å². The zero-order valence-electron chi connectivity index (χ0n) is 18.4. The number of nitrogens with zero attached hydrogens (tertiary/aromatic N) is 1. The molecule has 0 aromatic heterocycles. The van der Waals surface area contributed by atoms with Crippen molar-refractivity contribution in [2.75, 3.05) is 6.54 Å². The lowest BCUT2D eigenvalue weighted by Gasteiger charge is -2.38. The number of rotatable bonds is 11. The molecule has 0 aliphatic carbocycles. The number of carboxylic acids is 1. The number of hydrogen-bond donors (Lipinski definition) is 3. The van der Waals surface area contributed by atoms with Gasteiger partial charge in [-0.05, 0) is 31.1 Å². The van der Waals surface area contributed by atoms with E-state index < -0.39 is 24.0 Å². The molecule has 1 saturated heterocycles. The third-order valence-corrected chi connectivity index (χ3v) is 5.31. The summed E-state index contributed by atoms with van der Waals surface area (Å²) in [7, 11) is 0. The lowest BCUT2D eigenvalue weighted by atomic mass is 9.93. The van der Waals surface area contributed by atoms with Crippen LogP contribution < -0.4 is 10.7 Å². The molecule has 0 aromatic rings. The quantitative estimate of drug-likeness (QED) is 0.480. The lowest BCUT2D eigenvalue weighted by Crippen LogP contribution is -2.61. The van der Waals surface area contributed by atoms with E-state index >= 15 is 0 Å². The predicted octanol–water partition coefficient (Wildman–Crippen LogP) is 2.13. The Morgan fingerprint density at radius 2 is 1.79 bits per heavy atom. The predicted molar refractivity (Wildman–Crippen MR) is 110 cm³/mol. The summed E-state index contributed by atoms with van der Waals surface area (Å²) >= 11 is 0. The Kier molecular flexibility index (Phi) is 10.3. The Balaban J connectivity index is 2.97. The van der Waals surface area contributed by atoms with Crippen LogP contribution in [-0.2, 0) is 19.2 Å². The second-order valence-electron chi connectivity index (χ2n) is 8.59.